The first kappa shape index (κ1) is 14.4. The van der Waals surface area contributed by atoms with Gasteiger partial charge in [-0.1, -0.05) is 20.8 Å². The quantitative estimate of drug-likeness (QED) is 0.580. The van der Waals surface area contributed by atoms with Crippen LogP contribution in [0.3, 0.4) is 0 Å². The van der Waals surface area contributed by atoms with Gasteiger partial charge in [-0.2, -0.15) is 0 Å². The van der Waals surface area contributed by atoms with E-state index in [1.165, 1.54) is 0 Å². The van der Waals surface area contributed by atoms with E-state index in [1.807, 2.05) is 20.8 Å². The highest BCUT2D eigenvalue weighted by Crippen LogP contribution is 2.18. The van der Waals surface area contributed by atoms with Crippen LogP contribution in [-0.4, -0.2) is 30.7 Å². The van der Waals surface area contributed by atoms with Crippen molar-refractivity contribution in [3.63, 3.8) is 0 Å². The van der Waals surface area contributed by atoms with E-state index in [0.717, 1.165) is 6.42 Å². The third-order valence-electron chi connectivity index (χ3n) is 2.68. The van der Waals surface area contributed by atoms with Gasteiger partial charge in [0.15, 0.2) is 0 Å². The molecule has 0 aliphatic rings. The molecule has 90 valence electrons. The summed E-state index contributed by atoms with van der Waals surface area (Å²) in [5.74, 6) is -0.0686. The Morgan fingerprint density at radius 1 is 1.53 bits per heavy atom. The molecule has 0 heterocycles. The third-order valence-corrected chi connectivity index (χ3v) is 2.68. The van der Waals surface area contributed by atoms with Crippen LogP contribution in [0.15, 0.2) is 0 Å². The Bertz CT molecular complexity index is 189. The highest BCUT2D eigenvalue weighted by Gasteiger charge is 2.20. The predicted octanol–water partition coefficient (Wildman–Crippen LogP) is 0.496. The molecular formula is C11H24N2O2. The van der Waals surface area contributed by atoms with E-state index in [4.69, 9.17) is 10.8 Å². The molecule has 0 aliphatic carbocycles. The third kappa shape index (κ3) is 5.74. The first-order chi connectivity index (χ1) is 6.96. The molecule has 4 nitrogen and oxygen atoms in total. The zero-order chi connectivity index (χ0) is 11.9. The monoisotopic (exact) mass is 216 g/mol. The molecule has 0 rings (SSSR count). The van der Waals surface area contributed by atoms with Crippen molar-refractivity contribution >= 4 is 5.91 Å². The van der Waals surface area contributed by atoms with Gasteiger partial charge in [-0.15, -0.1) is 0 Å². The number of hydrogen-bond acceptors (Lipinski definition) is 3. The van der Waals surface area contributed by atoms with Crippen molar-refractivity contribution in [1.29, 1.82) is 0 Å². The molecule has 0 bridgehead atoms. The highest BCUT2D eigenvalue weighted by molar-refractivity contribution is 5.78. The summed E-state index contributed by atoms with van der Waals surface area (Å²) in [4.78, 5) is 11.6. The lowest BCUT2D eigenvalue weighted by Crippen LogP contribution is -2.40. The minimum atomic E-state index is -0.0880. The van der Waals surface area contributed by atoms with Crippen LogP contribution in [0.5, 0.6) is 0 Å². The summed E-state index contributed by atoms with van der Waals surface area (Å²) < 4.78 is 0. The molecule has 1 atom stereocenters. The summed E-state index contributed by atoms with van der Waals surface area (Å²) in [6.07, 6.45) is 1.45. The van der Waals surface area contributed by atoms with Gasteiger partial charge in [-0.25, -0.2) is 0 Å². The SMILES string of the molecule is CCC(CN)C(=O)NCC(C)(C)CCO. The van der Waals surface area contributed by atoms with Crippen LogP contribution in [0, 0.1) is 11.3 Å². The van der Waals surface area contributed by atoms with Gasteiger partial charge in [0.25, 0.3) is 0 Å². The van der Waals surface area contributed by atoms with Gasteiger partial charge >= 0.3 is 0 Å². The smallest absolute Gasteiger partial charge is 0.224 e. The molecule has 0 spiro atoms. The second kappa shape index (κ2) is 6.80. The molecule has 0 aliphatic heterocycles. The first-order valence-electron chi connectivity index (χ1n) is 5.55. The van der Waals surface area contributed by atoms with E-state index in [0.29, 0.717) is 19.5 Å². The molecule has 4 heteroatoms. The molecule has 4 N–H and O–H groups in total. The average molecular weight is 216 g/mol. The number of carbonyl (C=O) groups excluding carboxylic acids is 1. The molecule has 0 saturated heterocycles. The van der Waals surface area contributed by atoms with Crippen LogP contribution in [-0.2, 0) is 4.79 Å². The second-order valence-electron chi connectivity index (χ2n) is 4.70. The van der Waals surface area contributed by atoms with E-state index < -0.39 is 0 Å². The number of rotatable bonds is 7. The van der Waals surface area contributed by atoms with Gasteiger partial charge < -0.3 is 16.2 Å². The lowest BCUT2D eigenvalue weighted by molar-refractivity contribution is -0.125. The Labute approximate surface area is 92.2 Å². The summed E-state index contributed by atoms with van der Waals surface area (Å²) in [6, 6.07) is 0. The van der Waals surface area contributed by atoms with Crippen LogP contribution < -0.4 is 11.1 Å². The van der Waals surface area contributed by atoms with Crippen molar-refractivity contribution in [2.24, 2.45) is 17.1 Å². The molecule has 0 radical (unpaired) electrons. The van der Waals surface area contributed by atoms with Crippen molar-refractivity contribution in [2.75, 3.05) is 19.7 Å². The summed E-state index contributed by atoms with van der Waals surface area (Å²) in [7, 11) is 0. The fraction of sp³-hybridized carbons (Fsp3) is 0.909. The van der Waals surface area contributed by atoms with E-state index in [-0.39, 0.29) is 23.8 Å². The predicted molar refractivity (Wildman–Crippen MR) is 61.3 cm³/mol. The molecule has 1 amide bonds. The Kier molecular flexibility index (Phi) is 6.52. The number of aliphatic hydroxyl groups excluding tert-OH is 1. The normalized spacial score (nSPS) is 13.7. The molecule has 0 saturated carbocycles. The number of hydrogen-bond donors (Lipinski definition) is 3. The fourth-order valence-electron chi connectivity index (χ4n) is 1.32. The van der Waals surface area contributed by atoms with Crippen LogP contribution in [0.4, 0.5) is 0 Å². The van der Waals surface area contributed by atoms with Crippen LogP contribution in [0.2, 0.25) is 0 Å². The van der Waals surface area contributed by atoms with Gasteiger partial charge in [0.05, 0.1) is 0 Å². The van der Waals surface area contributed by atoms with E-state index in [1.54, 1.807) is 0 Å². The molecule has 1 unspecified atom stereocenters. The van der Waals surface area contributed by atoms with Gasteiger partial charge in [0.1, 0.15) is 0 Å². The highest BCUT2D eigenvalue weighted by atomic mass is 16.3. The first-order valence-corrected chi connectivity index (χ1v) is 5.55. The second-order valence-corrected chi connectivity index (χ2v) is 4.70. The van der Waals surface area contributed by atoms with Crippen molar-refractivity contribution < 1.29 is 9.90 Å². The van der Waals surface area contributed by atoms with E-state index in [9.17, 15) is 4.79 Å². The van der Waals surface area contributed by atoms with Crippen molar-refractivity contribution in [3.05, 3.63) is 0 Å². The number of amides is 1. The molecular weight excluding hydrogens is 192 g/mol. The van der Waals surface area contributed by atoms with Crippen LogP contribution in [0.25, 0.3) is 0 Å². The summed E-state index contributed by atoms with van der Waals surface area (Å²) in [6.45, 7) is 7.12. The molecule has 0 aromatic rings. The average Bonchev–Trinajstić information content (AvgIpc) is 2.17. The molecule has 0 aromatic carbocycles. The van der Waals surface area contributed by atoms with E-state index >= 15 is 0 Å². The van der Waals surface area contributed by atoms with Crippen molar-refractivity contribution in [1.82, 2.24) is 5.32 Å². The largest absolute Gasteiger partial charge is 0.396 e. The zero-order valence-corrected chi connectivity index (χ0v) is 10.0. The maximum atomic E-state index is 11.6. The Balaban J connectivity index is 3.98. The van der Waals surface area contributed by atoms with Gasteiger partial charge in [-0.05, 0) is 18.3 Å². The Morgan fingerprint density at radius 3 is 2.53 bits per heavy atom. The topological polar surface area (TPSA) is 75.4 Å². The summed E-state index contributed by atoms with van der Waals surface area (Å²) in [5, 5.41) is 11.7. The van der Waals surface area contributed by atoms with Gasteiger partial charge in [0.2, 0.25) is 5.91 Å². The maximum absolute atomic E-state index is 11.6. The molecule has 15 heavy (non-hydrogen) atoms. The summed E-state index contributed by atoms with van der Waals surface area (Å²) in [5.41, 5.74) is 5.42. The number of aliphatic hydroxyl groups is 1. The van der Waals surface area contributed by atoms with Crippen LogP contribution >= 0.6 is 0 Å². The standard InChI is InChI=1S/C11H24N2O2/c1-4-9(7-12)10(15)13-8-11(2,3)5-6-14/h9,14H,4-8,12H2,1-3H3,(H,13,15). The lowest BCUT2D eigenvalue weighted by Gasteiger charge is -2.25. The van der Waals surface area contributed by atoms with Gasteiger partial charge in [-0.3, -0.25) is 4.79 Å². The van der Waals surface area contributed by atoms with E-state index in [2.05, 4.69) is 5.32 Å². The Hall–Kier alpha value is -0.610. The minimum absolute atomic E-state index is 0.0195. The maximum Gasteiger partial charge on any atom is 0.224 e. The number of carbonyl (C=O) groups is 1. The number of nitrogens with two attached hydrogens (primary N) is 1. The fourth-order valence-corrected chi connectivity index (χ4v) is 1.32. The minimum Gasteiger partial charge on any atom is -0.396 e. The van der Waals surface area contributed by atoms with Gasteiger partial charge in [0, 0.05) is 25.6 Å². The lowest BCUT2D eigenvalue weighted by atomic mass is 9.89. The zero-order valence-electron chi connectivity index (χ0n) is 10.0. The number of nitrogens with one attached hydrogen (secondary N) is 1. The van der Waals surface area contributed by atoms with Crippen LogP contribution in [0.1, 0.15) is 33.6 Å². The molecule has 0 fully saturated rings. The van der Waals surface area contributed by atoms with Crippen molar-refractivity contribution in [3.8, 4) is 0 Å². The molecule has 0 aromatic heterocycles. The Morgan fingerprint density at radius 2 is 2.13 bits per heavy atom. The summed E-state index contributed by atoms with van der Waals surface area (Å²) >= 11 is 0. The van der Waals surface area contributed by atoms with Crippen molar-refractivity contribution in [2.45, 2.75) is 33.6 Å².